The maximum Gasteiger partial charge on any atom is 0.0898 e. The highest BCUT2D eigenvalue weighted by molar-refractivity contribution is 7.10. The van der Waals surface area contributed by atoms with E-state index in [9.17, 15) is 5.11 Å². The van der Waals surface area contributed by atoms with Crippen LogP contribution in [0.1, 0.15) is 50.4 Å². The fourth-order valence-corrected chi connectivity index (χ4v) is 3.41. The van der Waals surface area contributed by atoms with Gasteiger partial charge in [-0.15, -0.1) is 11.3 Å². The Morgan fingerprint density at radius 3 is 2.80 bits per heavy atom. The molecule has 2 atom stereocenters. The van der Waals surface area contributed by atoms with Crippen molar-refractivity contribution in [2.24, 2.45) is 5.92 Å². The smallest absolute Gasteiger partial charge is 0.0898 e. The van der Waals surface area contributed by atoms with Crippen LogP contribution in [0.3, 0.4) is 0 Å². The predicted molar refractivity (Wildman–Crippen MR) is 84.1 cm³/mol. The average molecular weight is 297 g/mol. The van der Waals surface area contributed by atoms with Crippen LogP contribution in [-0.4, -0.2) is 30.5 Å². The minimum atomic E-state index is -0.420. The van der Waals surface area contributed by atoms with Crippen LogP contribution in [0, 0.1) is 5.92 Å². The van der Waals surface area contributed by atoms with E-state index in [0.717, 1.165) is 18.8 Å². The van der Waals surface area contributed by atoms with Crippen molar-refractivity contribution in [3.63, 3.8) is 0 Å². The molecule has 1 aliphatic carbocycles. The Kier molecular flexibility index (Phi) is 6.49. The highest BCUT2D eigenvalue weighted by Gasteiger charge is 2.19. The zero-order valence-corrected chi connectivity index (χ0v) is 13.4. The van der Waals surface area contributed by atoms with Crippen LogP contribution in [0.25, 0.3) is 0 Å². The molecule has 3 nitrogen and oxygen atoms in total. The number of ether oxygens (including phenoxy) is 1. The molecule has 1 saturated carbocycles. The third-order valence-electron chi connectivity index (χ3n) is 4.12. The van der Waals surface area contributed by atoms with Crippen LogP contribution >= 0.6 is 11.3 Å². The van der Waals surface area contributed by atoms with Gasteiger partial charge in [0.2, 0.25) is 0 Å². The van der Waals surface area contributed by atoms with Gasteiger partial charge in [-0.3, -0.25) is 0 Å². The average Bonchev–Trinajstić information content (AvgIpc) is 2.98. The predicted octanol–water partition coefficient (Wildman–Crippen LogP) is 3.35. The summed E-state index contributed by atoms with van der Waals surface area (Å²) < 4.78 is 5.83. The van der Waals surface area contributed by atoms with Crippen molar-refractivity contribution < 1.29 is 9.84 Å². The van der Waals surface area contributed by atoms with Gasteiger partial charge in [0.05, 0.1) is 18.8 Å². The number of hydrogen-bond acceptors (Lipinski definition) is 4. The van der Waals surface area contributed by atoms with Crippen molar-refractivity contribution in [2.45, 2.75) is 57.8 Å². The first-order valence-corrected chi connectivity index (χ1v) is 8.59. The molecule has 1 heterocycles. The lowest BCUT2D eigenvalue weighted by atomic mass is 9.89. The molecule has 2 rings (SSSR count). The number of rotatable bonds is 7. The van der Waals surface area contributed by atoms with Crippen LogP contribution in [0.15, 0.2) is 17.5 Å². The first kappa shape index (κ1) is 16.0. The van der Waals surface area contributed by atoms with E-state index in [2.05, 4.69) is 36.7 Å². The summed E-state index contributed by atoms with van der Waals surface area (Å²) in [5, 5.41) is 15.4. The SMILES string of the molecule is CC1CCC(OCC(O)CN[C@@H](C)c2cccs2)CC1. The number of hydrogen-bond donors (Lipinski definition) is 2. The van der Waals surface area contributed by atoms with Gasteiger partial charge in [0, 0.05) is 17.5 Å². The summed E-state index contributed by atoms with van der Waals surface area (Å²) in [6.45, 7) is 5.47. The van der Waals surface area contributed by atoms with Crippen LogP contribution < -0.4 is 5.32 Å². The highest BCUT2D eigenvalue weighted by atomic mass is 32.1. The van der Waals surface area contributed by atoms with Crippen LogP contribution in [0.4, 0.5) is 0 Å². The Labute approximate surface area is 126 Å². The molecule has 4 heteroatoms. The van der Waals surface area contributed by atoms with Crippen LogP contribution in [0.2, 0.25) is 0 Å². The van der Waals surface area contributed by atoms with E-state index in [4.69, 9.17) is 4.74 Å². The second-order valence-electron chi connectivity index (χ2n) is 6.01. The molecule has 0 saturated heterocycles. The molecule has 0 bridgehead atoms. The van der Waals surface area contributed by atoms with Crippen molar-refractivity contribution in [1.82, 2.24) is 5.32 Å². The molecular formula is C16H27NO2S. The molecule has 0 aliphatic heterocycles. The van der Waals surface area contributed by atoms with E-state index < -0.39 is 6.10 Å². The molecule has 0 spiro atoms. The van der Waals surface area contributed by atoms with Gasteiger partial charge in [-0.1, -0.05) is 13.0 Å². The van der Waals surface area contributed by atoms with Crippen molar-refractivity contribution in [3.8, 4) is 0 Å². The van der Waals surface area contributed by atoms with E-state index in [1.807, 2.05) is 0 Å². The molecule has 1 aromatic heterocycles. The summed E-state index contributed by atoms with van der Waals surface area (Å²) in [6.07, 6.45) is 4.75. The van der Waals surface area contributed by atoms with E-state index in [1.54, 1.807) is 11.3 Å². The lowest BCUT2D eigenvalue weighted by molar-refractivity contribution is -0.0282. The number of aliphatic hydroxyl groups is 1. The highest BCUT2D eigenvalue weighted by Crippen LogP contribution is 2.25. The molecule has 2 N–H and O–H groups in total. The first-order chi connectivity index (χ1) is 9.65. The van der Waals surface area contributed by atoms with Gasteiger partial charge in [0.1, 0.15) is 0 Å². The normalized spacial score (nSPS) is 26.4. The summed E-state index contributed by atoms with van der Waals surface area (Å²) >= 11 is 1.74. The second kappa shape index (κ2) is 8.13. The fourth-order valence-electron chi connectivity index (χ4n) is 2.65. The van der Waals surface area contributed by atoms with Gasteiger partial charge < -0.3 is 15.2 Å². The van der Waals surface area contributed by atoms with E-state index >= 15 is 0 Å². The van der Waals surface area contributed by atoms with Gasteiger partial charge in [-0.2, -0.15) is 0 Å². The number of thiophene rings is 1. The zero-order chi connectivity index (χ0) is 14.4. The van der Waals surface area contributed by atoms with Gasteiger partial charge in [-0.05, 0) is 50.0 Å². The third-order valence-corrected chi connectivity index (χ3v) is 5.17. The quantitative estimate of drug-likeness (QED) is 0.811. The molecule has 0 amide bonds. The monoisotopic (exact) mass is 297 g/mol. The van der Waals surface area contributed by atoms with Crippen molar-refractivity contribution in [1.29, 1.82) is 0 Å². The van der Waals surface area contributed by atoms with Gasteiger partial charge in [0.25, 0.3) is 0 Å². The lowest BCUT2D eigenvalue weighted by Gasteiger charge is -2.27. The largest absolute Gasteiger partial charge is 0.389 e. The fraction of sp³-hybridized carbons (Fsp3) is 0.750. The number of aliphatic hydroxyl groups excluding tert-OH is 1. The molecule has 0 aromatic carbocycles. The molecule has 0 radical (unpaired) electrons. The first-order valence-electron chi connectivity index (χ1n) is 7.71. The number of nitrogens with one attached hydrogen (secondary N) is 1. The molecule has 1 unspecified atom stereocenters. The van der Waals surface area contributed by atoms with Crippen LogP contribution in [-0.2, 0) is 4.74 Å². The standard InChI is InChI=1S/C16H27NO2S/c1-12-5-7-15(8-6-12)19-11-14(18)10-17-13(2)16-4-3-9-20-16/h3-4,9,12-15,17-18H,5-8,10-11H2,1-2H3/t12?,13-,14?,15?/m0/s1. The summed E-state index contributed by atoms with van der Waals surface area (Å²) in [4.78, 5) is 1.30. The summed E-state index contributed by atoms with van der Waals surface area (Å²) in [5.74, 6) is 0.841. The van der Waals surface area contributed by atoms with Crippen molar-refractivity contribution >= 4 is 11.3 Å². The Bertz CT molecular complexity index is 361. The van der Waals surface area contributed by atoms with E-state index in [1.165, 1.54) is 17.7 Å². The van der Waals surface area contributed by atoms with Gasteiger partial charge in [0.15, 0.2) is 0 Å². The maximum atomic E-state index is 9.99. The third kappa shape index (κ3) is 5.17. The molecule has 20 heavy (non-hydrogen) atoms. The molecular weight excluding hydrogens is 270 g/mol. The minimum absolute atomic E-state index is 0.292. The summed E-state index contributed by atoms with van der Waals surface area (Å²) in [5.41, 5.74) is 0. The molecule has 1 fully saturated rings. The van der Waals surface area contributed by atoms with Crippen LogP contribution in [0.5, 0.6) is 0 Å². The minimum Gasteiger partial charge on any atom is -0.389 e. The Morgan fingerprint density at radius 1 is 1.40 bits per heavy atom. The Balaban J connectivity index is 1.59. The molecule has 114 valence electrons. The molecule has 1 aliphatic rings. The lowest BCUT2D eigenvalue weighted by Crippen LogP contribution is -2.34. The maximum absolute atomic E-state index is 9.99. The topological polar surface area (TPSA) is 41.5 Å². The van der Waals surface area contributed by atoms with E-state index in [-0.39, 0.29) is 0 Å². The zero-order valence-electron chi connectivity index (χ0n) is 12.5. The van der Waals surface area contributed by atoms with Crippen molar-refractivity contribution in [3.05, 3.63) is 22.4 Å². The van der Waals surface area contributed by atoms with Crippen molar-refractivity contribution in [2.75, 3.05) is 13.2 Å². The summed E-state index contributed by atoms with van der Waals surface area (Å²) in [7, 11) is 0. The Hall–Kier alpha value is -0.420. The van der Waals surface area contributed by atoms with Gasteiger partial charge in [-0.25, -0.2) is 0 Å². The van der Waals surface area contributed by atoms with Gasteiger partial charge >= 0.3 is 0 Å². The Morgan fingerprint density at radius 2 is 2.15 bits per heavy atom. The summed E-state index contributed by atoms with van der Waals surface area (Å²) in [6, 6.07) is 4.47. The van der Waals surface area contributed by atoms with E-state index in [0.29, 0.717) is 25.3 Å². The molecule has 1 aromatic rings. The second-order valence-corrected chi connectivity index (χ2v) is 6.99.